The number of nitrogens with one attached hydrogen (secondary N) is 1. The molecule has 1 aliphatic heterocycles. The Morgan fingerprint density at radius 3 is 2.65 bits per heavy atom. The van der Waals surface area contributed by atoms with E-state index in [0.717, 1.165) is 28.1 Å². The first-order valence-electron chi connectivity index (χ1n) is 10.4. The third kappa shape index (κ3) is 4.33. The number of benzene rings is 2. The van der Waals surface area contributed by atoms with Gasteiger partial charge < -0.3 is 19.5 Å². The number of ether oxygens (including phenoxy) is 1. The minimum Gasteiger partial charge on any atom is -0.497 e. The summed E-state index contributed by atoms with van der Waals surface area (Å²) in [6.07, 6.45) is 1.82. The molecule has 160 valence electrons. The first-order valence-corrected chi connectivity index (χ1v) is 10.4. The Kier molecular flexibility index (Phi) is 5.80. The molecule has 0 bridgehead atoms. The summed E-state index contributed by atoms with van der Waals surface area (Å²) < 4.78 is 7.54. The van der Waals surface area contributed by atoms with Gasteiger partial charge in [0.2, 0.25) is 11.8 Å². The minimum atomic E-state index is -0.307. The third-order valence-corrected chi connectivity index (χ3v) is 5.87. The summed E-state index contributed by atoms with van der Waals surface area (Å²) in [4.78, 5) is 27.6. The third-order valence-electron chi connectivity index (χ3n) is 5.87. The molecule has 0 aliphatic carbocycles. The molecule has 0 saturated heterocycles. The van der Waals surface area contributed by atoms with Gasteiger partial charge in [0.15, 0.2) is 0 Å². The maximum atomic E-state index is 13.2. The van der Waals surface area contributed by atoms with Crippen LogP contribution in [0.3, 0.4) is 0 Å². The molecule has 1 N–H and O–H groups in total. The molecule has 1 aliphatic rings. The Morgan fingerprint density at radius 2 is 1.87 bits per heavy atom. The van der Waals surface area contributed by atoms with E-state index in [0.29, 0.717) is 18.8 Å². The van der Waals surface area contributed by atoms with Crippen LogP contribution in [0, 0.1) is 13.8 Å². The Labute approximate surface area is 182 Å². The van der Waals surface area contributed by atoms with Crippen molar-refractivity contribution in [2.75, 3.05) is 19.0 Å². The van der Waals surface area contributed by atoms with E-state index in [9.17, 15) is 9.59 Å². The number of fused-ring (bicyclic) bond motifs is 1. The number of carbonyl (C=O) groups excluding carboxylic acids is 2. The molecule has 0 fully saturated rings. The van der Waals surface area contributed by atoms with Gasteiger partial charge in [-0.25, -0.2) is 0 Å². The molecule has 2 amide bonds. The van der Waals surface area contributed by atoms with E-state index in [-0.39, 0.29) is 24.3 Å². The predicted molar refractivity (Wildman–Crippen MR) is 120 cm³/mol. The van der Waals surface area contributed by atoms with Gasteiger partial charge in [-0.3, -0.25) is 9.59 Å². The van der Waals surface area contributed by atoms with Crippen molar-refractivity contribution in [3.05, 3.63) is 83.2 Å². The van der Waals surface area contributed by atoms with Gasteiger partial charge in [0.05, 0.1) is 13.2 Å². The molecule has 1 aromatic heterocycles. The second-order valence-electron chi connectivity index (χ2n) is 7.92. The Balaban J connectivity index is 1.55. The normalized spacial score (nSPS) is 15.3. The van der Waals surface area contributed by atoms with Crippen molar-refractivity contribution in [3.63, 3.8) is 0 Å². The number of amides is 2. The van der Waals surface area contributed by atoms with E-state index in [4.69, 9.17) is 4.74 Å². The molecular formula is C25H27N3O3. The van der Waals surface area contributed by atoms with Gasteiger partial charge in [0.25, 0.3) is 0 Å². The summed E-state index contributed by atoms with van der Waals surface area (Å²) in [7, 11) is 1.63. The lowest BCUT2D eigenvalue weighted by atomic mass is 9.99. The number of aryl methyl sites for hydroxylation is 2. The summed E-state index contributed by atoms with van der Waals surface area (Å²) in [5, 5.41) is 2.86. The molecule has 31 heavy (non-hydrogen) atoms. The van der Waals surface area contributed by atoms with Crippen LogP contribution in [0.4, 0.5) is 5.69 Å². The fourth-order valence-corrected chi connectivity index (χ4v) is 4.08. The smallest absolute Gasteiger partial charge is 0.233 e. The SMILES string of the molecule is COc1cccc([C@H]2c3cccn3CCN2C(=O)CC(=O)Nc2ccc(C)c(C)c2)c1. The lowest BCUT2D eigenvalue weighted by Crippen LogP contribution is -2.43. The van der Waals surface area contributed by atoms with Gasteiger partial charge in [-0.15, -0.1) is 0 Å². The highest BCUT2D eigenvalue weighted by Crippen LogP contribution is 2.34. The van der Waals surface area contributed by atoms with Crippen molar-refractivity contribution in [2.45, 2.75) is 32.9 Å². The topological polar surface area (TPSA) is 63.6 Å². The second kappa shape index (κ2) is 8.68. The summed E-state index contributed by atoms with van der Waals surface area (Å²) in [6.45, 7) is 5.26. The van der Waals surface area contributed by atoms with Crippen LogP contribution in [0.25, 0.3) is 0 Å². The number of anilines is 1. The largest absolute Gasteiger partial charge is 0.497 e. The van der Waals surface area contributed by atoms with Crippen molar-refractivity contribution in [3.8, 4) is 5.75 Å². The maximum Gasteiger partial charge on any atom is 0.233 e. The summed E-state index contributed by atoms with van der Waals surface area (Å²) in [6, 6.07) is 17.2. The average Bonchev–Trinajstić information content (AvgIpc) is 3.24. The highest BCUT2D eigenvalue weighted by molar-refractivity contribution is 6.03. The van der Waals surface area contributed by atoms with E-state index in [1.54, 1.807) is 12.0 Å². The van der Waals surface area contributed by atoms with Gasteiger partial charge >= 0.3 is 0 Å². The minimum absolute atomic E-state index is 0.193. The molecule has 2 aromatic carbocycles. The predicted octanol–water partition coefficient (Wildman–Crippen LogP) is 4.07. The van der Waals surface area contributed by atoms with E-state index >= 15 is 0 Å². The van der Waals surface area contributed by atoms with E-state index in [2.05, 4.69) is 9.88 Å². The van der Waals surface area contributed by atoms with Gasteiger partial charge in [-0.2, -0.15) is 0 Å². The second-order valence-corrected chi connectivity index (χ2v) is 7.92. The molecule has 0 unspecified atom stereocenters. The highest BCUT2D eigenvalue weighted by Gasteiger charge is 2.33. The van der Waals surface area contributed by atoms with Crippen LogP contribution in [0.5, 0.6) is 5.75 Å². The summed E-state index contributed by atoms with van der Waals surface area (Å²) >= 11 is 0. The van der Waals surface area contributed by atoms with Gasteiger partial charge in [-0.05, 0) is 66.9 Å². The molecule has 1 atom stereocenters. The molecule has 0 spiro atoms. The highest BCUT2D eigenvalue weighted by atomic mass is 16.5. The fourth-order valence-electron chi connectivity index (χ4n) is 4.08. The van der Waals surface area contributed by atoms with Crippen LogP contribution >= 0.6 is 0 Å². The number of aromatic nitrogens is 1. The van der Waals surface area contributed by atoms with E-state index < -0.39 is 0 Å². The van der Waals surface area contributed by atoms with Crippen molar-refractivity contribution < 1.29 is 14.3 Å². The quantitative estimate of drug-likeness (QED) is 0.637. The first kappa shape index (κ1) is 20.7. The summed E-state index contributed by atoms with van der Waals surface area (Å²) in [5.41, 5.74) is 4.95. The lowest BCUT2D eigenvalue weighted by Gasteiger charge is -2.37. The molecule has 6 heteroatoms. The fraction of sp³-hybridized carbons (Fsp3) is 0.280. The molecule has 0 saturated carbocycles. The molecule has 3 aromatic rings. The van der Waals surface area contributed by atoms with Crippen LogP contribution in [0.1, 0.15) is 34.8 Å². The zero-order valence-electron chi connectivity index (χ0n) is 18.1. The van der Waals surface area contributed by atoms with Crippen molar-refractivity contribution >= 4 is 17.5 Å². The zero-order valence-corrected chi connectivity index (χ0v) is 18.1. The van der Waals surface area contributed by atoms with E-state index in [1.807, 2.05) is 74.6 Å². The molecule has 4 rings (SSSR count). The van der Waals surface area contributed by atoms with Crippen LogP contribution < -0.4 is 10.1 Å². The van der Waals surface area contributed by atoms with E-state index in [1.165, 1.54) is 0 Å². The monoisotopic (exact) mass is 417 g/mol. The van der Waals surface area contributed by atoms with Crippen LogP contribution in [0.2, 0.25) is 0 Å². The standard InChI is InChI=1S/C25H27N3O3/c1-17-9-10-20(14-18(17)2)26-23(29)16-24(30)28-13-12-27-11-5-8-22(27)25(28)19-6-4-7-21(15-19)31-3/h4-11,14-15,25H,12-13,16H2,1-3H3,(H,26,29)/t25-/m0/s1. The lowest BCUT2D eigenvalue weighted by molar-refractivity contribution is -0.136. The maximum absolute atomic E-state index is 13.2. The van der Waals surface area contributed by atoms with Crippen molar-refractivity contribution in [1.82, 2.24) is 9.47 Å². The number of rotatable bonds is 5. The van der Waals surface area contributed by atoms with Crippen molar-refractivity contribution in [2.24, 2.45) is 0 Å². The van der Waals surface area contributed by atoms with Gasteiger partial charge in [0.1, 0.15) is 12.2 Å². The Hall–Kier alpha value is -3.54. The van der Waals surface area contributed by atoms with Crippen molar-refractivity contribution in [1.29, 1.82) is 0 Å². The number of carbonyl (C=O) groups is 2. The molecule has 2 heterocycles. The summed E-state index contributed by atoms with van der Waals surface area (Å²) in [5.74, 6) is 0.237. The Morgan fingerprint density at radius 1 is 1.03 bits per heavy atom. The average molecular weight is 418 g/mol. The van der Waals surface area contributed by atoms with Crippen LogP contribution in [-0.4, -0.2) is 34.9 Å². The van der Waals surface area contributed by atoms with Crippen LogP contribution in [-0.2, 0) is 16.1 Å². The first-order chi connectivity index (χ1) is 15.0. The number of methoxy groups -OCH3 is 1. The van der Waals surface area contributed by atoms with Gasteiger partial charge in [0, 0.05) is 30.7 Å². The Bertz CT molecular complexity index is 1120. The zero-order chi connectivity index (χ0) is 22.0. The number of hydrogen-bond donors (Lipinski definition) is 1. The number of hydrogen-bond acceptors (Lipinski definition) is 3. The van der Waals surface area contributed by atoms with Gasteiger partial charge in [-0.1, -0.05) is 18.2 Å². The molecular weight excluding hydrogens is 390 g/mol. The molecule has 6 nitrogen and oxygen atoms in total. The molecule has 0 radical (unpaired) electrons. The number of nitrogens with zero attached hydrogens (tertiary/aromatic N) is 2. The van der Waals surface area contributed by atoms with Crippen LogP contribution in [0.15, 0.2) is 60.8 Å².